The summed E-state index contributed by atoms with van der Waals surface area (Å²) in [6.07, 6.45) is 0.634. The van der Waals surface area contributed by atoms with Gasteiger partial charge in [0.2, 0.25) is 0 Å². The maximum Gasteiger partial charge on any atom is 0.303 e. The predicted octanol–water partition coefficient (Wildman–Crippen LogP) is 5.33. The summed E-state index contributed by atoms with van der Waals surface area (Å²) < 4.78 is 12.0. The van der Waals surface area contributed by atoms with Crippen molar-refractivity contribution in [3.63, 3.8) is 0 Å². The second-order valence-corrected chi connectivity index (χ2v) is 8.66. The van der Waals surface area contributed by atoms with Gasteiger partial charge in [-0.15, -0.1) is 0 Å². The summed E-state index contributed by atoms with van der Waals surface area (Å²) in [5.41, 5.74) is 2.31. The summed E-state index contributed by atoms with van der Waals surface area (Å²) in [6, 6.07) is 17.5. The first-order valence-electron chi connectivity index (χ1n) is 10.4. The average molecular weight is 485 g/mol. The molecule has 8 heteroatoms. The Balaban J connectivity index is 1.78. The number of likely N-dealkylation sites (N-methyl/N-ethyl adjacent to an activating group) is 1. The number of pyridine rings is 1. The van der Waals surface area contributed by atoms with E-state index < -0.39 is 30.3 Å². The number of benzene rings is 2. The van der Waals surface area contributed by atoms with Crippen molar-refractivity contribution in [3.8, 4) is 0 Å². The quantitative estimate of drug-likeness (QED) is 0.457. The number of ether oxygens (including phenoxy) is 2. The first-order chi connectivity index (χ1) is 15.8. The van der Waals surface area contributed by atoms with Crippen LogP contribution in [0.15, 0.2) is 73.1 Å². The van der Waals surface area contributed by atoms with Crippen LogP contribution in [-0.4, -0.2) is 34.9 Å². The maximum atomic E-state index is 13.6. The number of carbonyl (C=O) groups excluding carboxylic acids is 2. The number of amides is 1. The Morgan fingerprint density at radius 1 is 0.970 bits per heavy atom. The van der Waals surface area contributed by atoms with E-state index >= 15 is 0 Å². The van der Waals surface area contributed by atoms with E-state index in [-0.39, 0.29) is 5.91 Å². The van der Waals surface area contributed by atoms with Gasteiger partial charge in [0.05, 0.1) is 6.04 Å². The van der Waals surface area contributed by atoms with Gasteiger partial charge in [0, 0.05) is 36.4 Å². The average Bonchev–Trinajstić information content (AvgIpc) is 2.81. The monoisotopic (exact) mass is 484 g/mol. The molecule has 1 aliphatic heterocycles. The molecule has 0 radical (unpaired) electrons. The Morgan fingerprint density at radius 2 is 1.52 bits per heavy atom. The molecule has 2 aromatic carbocycles. The van der Waals surface area contributed by atoms with Crippen molar-refractivity contribution in [1.29, 1.82) is 0 Å². The second-order valence-electron chi connectivity index (χ2n) is 7.78. The molecule has 0 spiro atoms. The Hall–Kier alpha value is -2.93. The predicted molar refractivity (Wildman–Crippen MR) is 125 cm³/mol. The Bertz CT molecular complexity index is 1120. The van der Waals surface area contributed by atoms with E-state index in [0.717, 1.165) is 11.1 Å². The van der Waals surface area contributed by atoms with Crippen molar-refractivity contribution in [2.45, 2.75) is 31.3 Å². The maximum absolute atomic E-state index is 13.6. The van der Waals surface area contributed by atoms with E-state index in [2.05, 4.69) is 4.98 Å². The highest BCUT2D eigenvalue weighted by Crippen LogP contribution is 2.44. The molecule has 1 aliphatic rings. The zero-order chi connectivity index (χ0) is 23.5. The Kier molecular flexibility index (Phi) is 6.98. The number of carbonyl (C=O) groups is 2. The standard InChI is InChI=1S/C25H22Cl2N2O4/c1-15(30)32-23(18-11-13-28-14-12-18)24-25(31)29(2)21(16-3-7-19(26)8-4-16)22(33-24)17-5-9-20(27)10-6-17/h3-14,21-24H,1-2H3/t21?,22?,23?,24-/m0/s1. The molecule has 1 fully saturated rings. The van der Waals surface area contributed by atoms with Gasteiger partial charge in [-0.05, 0) is 53.1 Å². The van der Waals surface area contributed by atoms with E-state index in [0.29, 0.717) is 15.6 Å². The molecule has 0 aliphatic carbocycles. The highest BCUT2D eigenvalue weighted by molar-refractivity contribution is 6.30. The number of esters is 1. The zero-order valence-corrected chi connectivity index (χ0v) is 19.5. The van der Waals surface area contributed by atoms with E-state index in [1.54, 1.807) is 60.7 Å². The fraction of sp³-hybridized carbons (Fsp3) is 0.240. The van der Waals surface area contributed by atoms with Gasteiger partial charge >= 0.3 is 5.97 Å². The zero-order valence-electron chi connectivity index (χ0n) is 18.0. The van der Waals surface area contributed by atoms with Crippen LogP contribution in [0.5, 0.6) is 0 Å². The molecule has 0 bridgehead atoms. The summed E-state index contributed by atoms with van der Waals surface area (Å²) >= 11 is 12.2. The van der Waals surface area contributed by atoms with Crippen LogP contribution in [0.25, 0.3) is 0 Å². The smallest absolute Gasteiger partial charge is 0.303 e. The van der Waals surface area contributed by atoms with E-state index in [4.69, 9.17) is 32.7 Å². The number of nitrogens with zero attached hydrogens (tertiary/aromatic N) is 2. The van der Waals surface area contributed by atoms with Crippen molar-refractivity contribution in [3.05, 3.63) is 99.8 Å². The van der Waals surface area contributed by atoms with Crippen LogP contribution >= 0.6 is 23.2 Å². The molecule has 3 aromatic rings. The van der Waals surface area contributed by atoms with Crippen molar-refractivity contribution in [1.82, 2.24) is 9.88 Å². The van der Waals surface area contributed by atoms with Crippen LogP contribution in [0.3, 0.4) is 0 Å². The van der Waals surface area contributed by atoms with E-state index in [9.17, 15) is 9.59 Å². The summed E-state index contributed by atoms with van der Waals surface area (Å²) in [4.78, 5) is 31.1. The molecule has 170 valence electrons. The number of morpholine rings is 1. The molecule has 4 rings (SSSR count). The molecule has 6 nitrogen and oxygen atoms in total. The van der Waals surface area contributed by atoms with Crippen LogP contribution < -0.4 is 0 Å². The van der Waals surface area contributed by atoms with Crippen LogP contribution in [0.4, 0.5) is 0 Å². The van der Waals surface area contributed by atoms with Crippen molar-refractivity contribution >= 4 is 35.1 Å². The molecule has 33 heavy (non-hydrogen) atoms. The number of aromatic nitrogens is 1. The van der Waals surface area contributed by atoms with Crippen molar-refractivity contribution in [2.24, 2.45) is 0 Å². The van der Waals surface area contributed by atoms with Crippen molar-refractivity contribution < 1.29 is 19.1 Å². The molecule has 0 N–H and O–H groups in total. The van der Waals surface area contributed by atoms with Gasteiger partial charge in [-0.2, -0.15) is 0 Å². The normalized spacial score (nSPS) is 21.5. The van der Waals surface area contributed by atoms with Gasteiger partial charge in [0.1, 0.15) is 6.10 Å². The minimum absolute atomic E-state index is 0.303. The van der Waals surface area contributed by atoms with Gasteiger partial charge in [-0.25, -0.2) is 0 Å². The molecule has 3 unspecified atom stereocenters. The number of halogens is 2. The molecule has 2 heterocycles. The van der Waals surface area contributed by atoms with Crippen LogP contribution in [-0.2, 0) is 19.1 Å². The lowest BCUT2D eigenvalue weighted by molar-refractivity contribution is -0.193. The van der Waals surface area contributed by atoms with Gasteiger partial charge in [-0.3, -0.25) is 14.6 Å². The third kappa shape index (κ3) is 5.03. The van der Waals surface area contributed by atoms with Gasteiger partial charge < -0.3 is 14.4 Å². The topological polar surface area (TPSA) is 68.7 Å². The van der Waals surface area contributed by atoms with Crippen LogP contribution in [0, 0.1) is 0 Å². The Labute approximate surface area is 202 Å². The van der Waals surface area contributed by atoms with E-state index in [1.165, 1.54) is 6.92 Å². The van der Waals surface area contributed by atoms with Gasteiger partial charge in [-0.1, -0.05) is 47.5 Å². The van der Waals surface area contributed by atoms with Crippen LogP contribution in [0.2, 0.25) is 10.0 Å². The van der Waals surface area contributed by atoms with Crippen molar-refractivity contribution in [2.75, 3.05) is 7.05 Å². The molecular formula is C25H22Cl2N2O4. The highest BCUT2D eigenvalue weighted by atomic mass is 35.5. The van der Waals surface area contributed by atoms with Crippen LogP contribution in [0.1, 0.15) is 41.9 Å². The first-order valence-corrected chi connectivity index (χ1v) is 11.1. The summed E-state index contributed by atoms with van der Waals surface area (Å²) in [6.45, 7) is 1.30. The number of hydrogen-bond donors (Lipinski definition) is 0. The minimum Gasteiger partial charge on any atom is -0.454 e. The lowest BCUT2D eigenvalue weighted by Crippen LogP contribution is -2.51. The molecule has 0 saturated carbocycles. The third-order valence-electron chi connectivity index (χ3n) is 5.60. The summed E-state index contributed by atoms with van der Waals surface area (Å²) in [7, 11) is 1.72. The van der Waals surface area contributed by atoms with Gasteiger partial charge in [0.25, 0.3) is 5.91 Å². The summed E-state index contributed by atoms with van der Waals surface area (Å²) in [5.74, 6) is -0.818. The fourth-order valence-electron chi connectivity index (χ4n) is 4.04. The highest BCUT2D eigenvalue weighted by Gasteiger charge is 2.47. The molecule has 1 amide bonds. The largest absolute Gasteiger partial charge is 0.454 e. The summed E-state index contributed by atoms with van der Waals surface area (Å²) in [5, 5.41) is 1.19. The molecular weight excluding hydrogens is 463 g/mol. The Morgan fingerprint density at radius 3 is 2.06 bits per heavy atom. The first kappa shape index (κ1) is 23.2. The molecule has 4 atom stereocenters. The minimum atomic E-state index is -1.05. The van der Waals surface area contributed by atoms with Gasteiger partial charge in [0.15, 0.2) is 12.2 Å². The fourth-order valence-corrected chi connectivity index (χ4v) is 4.29. The number of hydrogen-bond acceptors (Lipinski definition) is 5. The molecule has 1 saturated heterocycles. The number of rotatable bonds is 5. The lowest BCUT2D eigenvalue weighted by Gasteiger charge is -2.44. The van der Waals surface area contributed by atoms with E-state index in [1.807, 2.05) is 24.3 Å². The lowest BCUT2D eigenvalue weighted by atomic mass is 9.90. The SMILES string of the molecule is CC(=O)OC(c1ccncc1)[C@@H]1OC(c2ccc(Cl)cc2)C(c2ccc(Cl)cc2)N(C)C1=O. The third-order valence-corrected chi connectivity index (χ3v) is 6.10. The molecule has 1 aromatic heterocycles. The second kappa shape index (κ2) is 9.91.